The number of anilines is 1. The fourth-order valence-electron chi connectivity index (χ4n) is 8.99. The van der Waals surface area contributed by atoms with Gasteiger partial charge in [0.15, 0.2) is 0 Å². The molecule has 3 fully saturated rings. The Morgan fingerprint density at radius 1 is 0.945 bits per heavy atom. The Morgan fingerprint density at radius 2 is 1.56 bits per heavy atom. The molecule has 0 radical (unpaired) electrons. The number of nitrogens with one attached hydrogen (secondary N) is 4. The van der Waals surface area contributed by atoms with Crippen molar-refractivity contribution in [1.82, 2.24) is 26.2 Å². The first-order chi connectivity index (χ1) is 25.4. The Hall–Kier alpha value is -4.21. The van der Waals surface area contributed by atoms with Crippen LogP contribution in [0.5, 0.6) is 0 Å². The van der Waals surface area contributed by atoms with Gasteiger partial charge < -0.3 is 31.1 Å². The van der Waals surface area contributed by atoms with Gasteiger partial charge in [0.25, 0.3) is 5.91 Å². The number of likely N-dealkylation sites (tertiary alicyclic amines) is 1. The molecular formula is C42H64N6O7. The van der Waals surface area contributed by atoms with Crippen molar-refractivity contribution in [3.05, 3.63) is 26.0 Å². The van der Waals surface area contributed by atoms with Crippen molar-refractivity contribution in [3.63, 3.8) is 0 Å². The fraction of sp³-hybridized carbons (Fsp3) is 0.738. The van der Waals surface area contributed by atoms with Gasteiger partial charge in [-0.2, -0.15) is 0 Å². The second kappa shape index (κ2) is 16.1. The maximum atomic E-state index is 14.9. The topological polar surface area (TPSA) is 174 Å². The summed E-state index contributed by atoms with van der Waals surface area (Å²) in [5, 5.41) is 11.4. The molecule has 5 amide bonds. The zero-order valence-corrected chi connectivity index (χ0v) is 34.9. The summed E-state index contributed by atoms with van der Waals surface area (Å²) in [6.45, 7) is 20.2. The Balaban J connectivity index is 1.61. The normalized spacial score (nSPS) is 23.0. The van der Waals surface area contributed by atoms with E-state index in [0.29, 0.717) is 30.6 Å². The van der Waals surface area contributed by atoms with E-state index >= 15 is 0 Å². The van der Waals surface area contributed by atoms with Crippen molar-refractivity contribution >= 4 is 35.2 Å². The van der Waals surface area contributed by atoms with E-state index in [0.717, 1.165) is 19.3 Å². The molecule has 1 unspecified atom stereocenters. The summed E-state index contributed by atoms with van der Waals surface area (Å²) in [5.41, 5.74) is -2.04. The van der Waals surface area contributed by atoms with Crippen LogP contribution in [0.4, 0.5) is 10.5 Å². The van der Waals surface area contributed by atoms with Crippen molar-refractivity contribution in [2.75, 3.05) is 31.6 Å². The van der Waals surface area contributed by atoms with Gasteiger partial charge in [-0.15, -0.1) is 12.3 Å². The van der Waals surface area contributed by atoms with Crippen LogP contribution in [0.1, 0.15) is 120 Å². The van der Waals surface area contributed by atoms with E-state index in [1.165, 1.54) is 0 Å². The van der Waals surface area contributed by atoms with E-state index in [9.17, 15) is 33.6 Å². The van der Waals surface area contributed by atoms with Crippen molar-refractivity contribution < 1.29 is 24.0 Å². The monoisotopic (exact) mass is 764 g/mol. The van der Waals surface area contributed by atoms with Crippen LogP contribution in [0.3, 0.4) is 0 Å². The number of nitrogens with zero attached hydrogens (tertiary/aromatic N) is 2. The van der Waals surface area contributed by atoms with Crippen LogP contribution in [-0.4, -0.2) is 85.3 Å². The number of urea groups is 1. The largest absolute Gasteiger partial charge is 0.369 e. The van der Waals surface area contributed by atoms with Gasteiger partial charge in [0.05, 0.1) is 17.8 Å². The SMILES string of the molecule is C#CCCC(NC(=O)[C@@H]1[C@@H]2[C@H](CN1C(=O)[C@@H](NC(=O)N[C@H](CN(C)c1c(C(C)(C)C)c(=O)c1=O)C(C)(C)C)C1(C)CCCCC1)C2(C)C)C(=O)C(=O)NCC. The maximum Gasteiger partial charge on any atom is 0.315 e. The zero-order chi connectivity index (χ0) is 41.4. The standard InChI is InChI=1S/C42H64N6O7/c1-13-15-19-25(31(49)36(53)43-14-2)44-35(52)30-27-24(41(27,9)10)22-48(30)37(54)34(42(11)20-17-16-18-21-42)46-38(55)45-26(39(3,4)5)23-47(12)29-28(40(6,7)8)32(50)33(29)51/h1,24-27,30,34H,14-23H2,2-12H3,(H,43,53)(H,44,52)(H2,45,46,55)/t24-,25?,26+,27-,30-,34+/m0/s1. The third-order valence-corrected chi connectivity index (χ3v) is 12.6. The Kier molecular flexibility index (Phi) is 12.7. The molecule has 3 aliphatic rings. The predicted molar refractivity (Wildman–Crippen MR) is 213 cm³/mol. The van der Waals surface area contributed by atoms with Gasteiger partial charge in [-0.25, -0.2) is 4.79 Å². The first-order valence-corrected chi connectivity index (χ1v) is 19.9. The number of hydrogen-bond donors (Lipinski definition) is 4. The third kappa shape index (κ3) is 8.94. The van der Waals surface area contributed by atoms with E-state index in [-0.39, 0.29) is 49.1 Å². The number of Topliss-reactive ketones (excluding diaryl/α,β-unsaturated/α-hetero) is 1. The molecule has 2 aliphatic carbocycles. The van der Waals surface area contributed by atoms with E-state index < -0.39 is 74.9 Å². The molecule has 13 nitrogen and oxygen atoms in total. The first-order valence-electron chi connectivity index (χ1n) is 19.9. The van der Waals surface area contributed by atoms with Gasteiger partial charge in [-0.3, -0.25) is 28.8 Å². The highest BCUT2D eigenvalue weighted by Gasteiger charge is 2.70. The number of rotatable bonds is 14. The quantitative estimate of drug-likeness (QED) is 0.165. The molecule has 13 heteroatoms. The Morgan fingerprint density at radius 3 is 2.11 bits per heavy atom. The Bertz CT molecular complexity index is 1770. The van der Waals surface area contributed by atoms with Crippen LogP contribution >= 0.6 is 0 Å². The van der Waals surface area contributed by atoms with E-state index in [1.54, 1.807) is 23.8 Å². The molecule has 1 aliphatic heterocycles. The van der Waals surface area contributed by atoms with Gasteiger partial charge in [0.1, 0.15) is 12.1 Å². The lowest BCUT2D eigenvalue weighted by Crippen LogP contribution is -2.63. The molecular weight excluding hydrogens is 700 g/mol. The van der Waals surface area contributed by atoms with Crippen molar-refractivity contribution in [3.8, 4) is 12.3 Å². The third-order valence-electron chi connectivity index (χ3n) is 12.6. The number of carbonyl (C=O) groups excluding carboxylic acids is 5. The number of likely N-dealkylation sites (N-methyl/N-ethyl adjacent to an activating group) is 2. The number of ketones is 1. The van der Waals surface area contributed by atoms with Crippen LogP contribution in [-0.2, 0) is 24.6 Å². The van der Waals surface area contributed by atoms with Gasteiger partial charge >= 0.3 is 6.03 Å². The lowest BCUT2D eigenvalue weighted by Gasteiger charge is -2.43. The second-order valence-corrected chi connectivity index (χ2v) is 19.1. The van der Waals surface area contributed by atoms with Crippen LogP contribution in [0.25, 0.3) is 0 Å². The lowest BCUT2D eigenvalue weighted by atomic mass is 9.70. The number of terminal acetylenes is 1. The van der Waals surface area contributed by atoms with Crippen LogP contribution in [0.2, 0.25) is 0 Å². The molecule has 6 atom stereocenters. The molecule has 304 valence electrons. The molecule has 1 aromatic carbocycles. The van der Waals surface area contributed by atoms with Crippen molar-refractivity contribution in [2.45, 2.75) is 144 Å². The highest BCUT2D eigenvalue weighted by molar-refractivity contribution is 6.38. The number of hydrogen-bond acceptors (Lipinski definition) is 8. The lowest BCUT2D eigenvalue weighted by molar-refractivity contribution is -0.146. The van der Waals surface area contributed by atoms with Gasteiger partial charge in [-0.1, -0.05) is 81.6 Å². The van der Waals surface area contributed by atoms with E-state index in [4.69, 9.17) is 6.42 Å². The maximum absolute atomic E-state index is 14.9. The molecule has 1 heterocycles. The minimum Gasteiger partial charge on any atom is -0.369 e. The summed E-state index contributed by atoms with van der Waals surface area (Å²) in [6, 6.07) is -4.07. The van der Waals surface area contributed by atoms with Crippen LogP contribution < -0.4 is 37.0 Å². The predicted octanol–water partition coefficient (Wildman–Crippen LogP) is 3.16. The average molecular weight is 765 g/mol. The summed E-state index contributed by atoms with van der Waals surface area (Å²) in [6.07, 6.45) is 9.91. The molecule has 1 saturated heterocycles. The average Bonchev–Trinajstić information content (AvgIpc) is 3.39. The molecule has 1 aromatic rings. The number of amides is 5. The second-order valence-electron chi connectivity index (χ2n) is 19.1. The van der Waals surface area contributed by atoms with Gasteiger partial charge in [0.2, 0.25) is 28.5 Å². The highest BCUT2D eigenvalue weighted by Crippen LogP contribution is 2.65. The molecule has 0 bridgehead atoms. The molecule has 4 N–H and O–H groups in total. The molecule has 2 saturated carbocycles. The van der Waals surface area contributed by atoms with Crippen LogP contribution in [0.15, 0.2) is 9.59 Å². The fourth-order valence-corrected chi connectivity index (χ4v) is 8.99. The van der Waals surface area contributed by atoms with Crippen molar-refractivity contribution in [2.24, 2.45) is 28.1 Å². The summed E-state index contributed by atoms with van der Waals surface area (Å²) < 4.78 is 0. The zero-order valence-electron chi connectivity index (χ0n) is 34.9. The molecule has 55 heavy (non-hydrogen) atoms. The number of carbonyl (C=O) groups is 5. The summed E-state index contributed by atoms with van der Waals surface area (Å²) >= 11 is 0. The highest BCUT2D eigenvalue weighted by atomic mass is 16.2. The summed E-state index contributed by atoms with van der Waals surface area (Å²) in [7, 11) is 1.74. The van der Waals surface area contributed by atoms with E-state index in [2.05, 4.69) is 41.0 Å². The summed E-state index contributed by atoms with van der Waals surface area (Å²) in [4.78, 5) is 97.5. The Labute approximate surface area is 326 Å². The molecule has 0 aromatic heterocycles. The molecule has 4 rings (SSSR count). The van der Waals surface area contributed by atoms with Gasteiger partial charge in [-0.05, 0) is 59.7 Å². The van der Waals surface area contributed by atoms with Crippen molar-refractivity contribution in [1.29, 1.82) is 0 Å². The number of piperidine rings is 1. The molecule has 0 spiro atoms. The van der Waals surface area contributed by atoms with Crippen LogP contribution in [0, 0.1) is 40.4 Å². The van der Waals surface area contributed by atoms with E-state index in [1.807, 2.05) is 48.5 Å². The minimum absolute atomic E-state index is 0.0401. The minimum atomic E-state index is -1.15. The smallest absolute Gasteiger partial charge is 0.315 e. The first kappa shape index (κ1) is 43.5. The van der Waals surface area contributed by atoms with Gasteiger partial charge in [0, 0.05) is 38.7 Å². The number of fused-ring (bicyclic) bond motifs is 1. The summed E-state index contributed by atoms with van der Waals surface area (Å²) in [5.74, 6) is -0.148.